The number of aliphatic hydroxyl groups excluding tert-OH is 1. The van der Waals surface area contributed by atoms with E-state index in [9.17, 15) is 9.90 Å². The molecule has 0 saturated carbocycles. The van der Waals surface area contributed by atoms with Gasteiger partial charge in [-0.05, 0) is 11.8 Å². The molecule has 3 heteroatoms. The molecule has 3 nitrogen and oxygen atoms in total. The summed E-state index contributed by atoms with van der Waals surface area (Å²) in [5.41, 5.74) is -0.100. The highest BCUT2D eigenvalue weighted by molar-refractivity contribution is 5.75. The highest BCUT2D eigenvalue weighted by Crippen LogP contribution is 2.20. The van der Waals surface area contributed by atoms with Crippen molar-refractivity contribution < 1.29 is 9.90 Å². The first-order valence-corrected chi connectivity index (χ1v) is 4.82. The molecule has 0 aliphatic carbocycles. The van der Waals surface area contributed by atoms with Crippen LogP contribution in [0.2, 0.25) is 0 Å². The van der Waals surface area contributed by atoms with Crippen LogP contribution in [-0.2, 0) is 4.79 Å². The summed E-state index contributed by atoms with van der Waals surface area (Å²) in [4.78, 5) is 10.9. The minimum absolute atomic E-state index is 0.0427. The smallest absolute Gasteiger partial charge is 0.219 e. The summed E-state index contributed by atoms with van der Waals surface area (Å²) in [6, 6.07) is 0. The van der Waals surface area contributed by atoms with Crippen LogP contribution in [0.3, 0.4) is 0 Å². The predicted molar refractivity (Wildman–Crippen MR) is 53.4 cm³/mol. The van der Waals surface area contributed by atoms with Gasteiger partial charge in [-0.3, -0.25) is 4.79 Å². The van der Waals surface area contributed by atoms with Crippen LogP contribution in [0.5, 0.6) is 0 Å². The maximum absolute atomic E-state index is 10.9. The number of hydrogen-bond donors (Lipinski definition) is 2. The Morgan fingerprint density at radius 1 is 1.46 bits per heavy atom. The number of carbonyl (C=O) groups is 1. The van der Waals surface area contributed by atoms with E-state index >= 15 is 0 Å². The summed E-state index contributed by atoms with van der Waals surface area (Å²) < 4.78 is 0. The van der Waals surface area contributed by atoms with Gasteiger partial charge in [0.2, 0.25) is 5.91 Å². The van der Waals surface area contributed by atoms with Crippen LogP contribution in [0.25, 0.3) is 0 Å². The molecular weight excluding hydrogens is 166 g/mol. The Morgan fingerprint density at radius 3 is 2.38 bits per heavy atom. The number of hydrogen-bond acceptors (Lipinski definition) is 2. The number of rotatable bonds is 4. The molecule has 78 valence electrons. The van der Waals surface area contributed by atoms with Gasteiger partial charge in [-0.1, -0.05) is 27.7 Å². The van der Waals surface area contributed by atoms with Crippen molar-refractivity contribution in [1.29, 1.82) is 0 Å². The molecule has 0 aromatic heterocycles. The molecule has 13 heavy (non-hydrogen) atoms. The second-order valence-corrected chi connectivity index (χ2v) is 4.37. The number of nitrogens with one attached hydrogen (secondary N) is 1. The molecule has 0 heterocycles. The molecule has 0 saturated heterocycles. The van der Waals surface area contributed by atoms with Gasteiger partial charge in [0.15, 0.2) is 0 Å². The molecule has 0 spiro atoms. The monoisotopic (exact) mass is 187 g/mol. The summed E-state index contributed by atoms with van der Waals surface area (Å²) in [7, 11) is 0. The van der Waals surface area contributed by atoms with Crippen molar-refractivity contribution in [2.45, 2.75) is 46.6 Å². The normalized spacial score (nSPS) is 13.9. The van der Waals surface area contributed by atoms with E-state index in [0.717, 1.165) is 0 Å². The lowest BCUT2D eigenvalue weighted by molar-refractivity contribution is -0.120. The van der Waals surface area contributed by atoms with Gasteiger partial charge < -0.3 is 10.4 Å². The molecule has 0 aromatic rings. The fraction of sp³-hybridized carbons (Fsp3) is 0.900. The average molecular weight is 187 g/mol. The second-order valence-electron chi connectivity index (χ2n) is 4.37. The maximum Gasteiger partial charge on any atom is 0.219 e. The zero-order valence-corrected chi connectivity index (χ0v) is 9.05. The van der Waals surface area contributed by atoms with Gasteiger partial charge in [0, 0.05) is 13.0 Å². The fourth-order valence-electron chi connectivity index (χ4n) is 0.906. The van der Waals surface area contributed by atoms with Gasteiger partial charge in [0.1, 0.15) is 0 Å². The van der Waals surface area contributed by atoms with Crippen LogP contribution in [0, 0.1) is 5.41 Å². The Hall–Kier alpha value is -0.570. The second kappa shape index (κ2) is 5.22. The van der Waals surface area contributed by atoms with Gasteiger partial charge in [-0.2, -0.15) is 0 Å². The van der Waals surface area contributed by atoms with Crippen LogP contribution in [0.4, 0.5) is 0 Å². The van der Waals surface area contributed by atoms with E-state index < -0.39 is 0 Å². The van der Waals surface area contributed by atoms with Crippen LogP contribution >= 0.6 is 0 Å². The molecule has 1 amide bonds. The molecule has 1 unspecified atom stereocenters. The molecular formula is C10H21NO2. The summed E-state index contributed by atoms with van der Waals surface area (Å²) in [5.74, 6) is 0.0427. The third-order valence-corrected chi connectivity index (χ3v) is 2.06. The average Bonchev–Trinajstić information content (AvgIpc) is 2.02. The first-order valence-electron chi connectivity index (χ1n) is 4.82. The summed E-state index contributed by atoms with van der Waals surface area (Å²) >= 11 is 0. The number of amides is 1. The van der Waals surface area contributed by atoms with Crippen LogP contribution < -0.4 is 5.32 Å². The third kappa shape index (κ3) is 5.64. The Labute approximate surface area is 80.5 Å². The molecule has 0 bridgehead atoms. The molecule has 0 aliphatic heterocycles. The molecule has 0 aliphatic rings. The van der Waals surface area contributed by atoms with Crippen LogP contribution in [0.15, 0.2) is 0 Å². The molecule has 2 N–H and O–H groups in total. The zero-order valence-electron chi connectivity index (χ0n) is 9.05. The number of carbonyl (C=O) groups excluding carboxylic acids is 1. The Morgan fingerprint density at radius 2 is 2.00 bits per heavy atom. The first kappa shape index (κ1) is 12.4. The van der Waals surface area contributed by atoms with Gasteiger partial charge in [-0.25, -0.2) is 0 Å². The minimum atomic E-state index is -0.357. The maximum atomic E-state index is 10.9. The van der Waals surface area contributed by atoms with E-state index in [-0.39, 0.29) is 17.4 Å². The lowest BCUT2D eigenvalue weighted by Crippen LogP contribution is -2.32. The third-order valence-electron chi connectivity index (χ3n) is 2.06. The highest BCUT2D eigenvalue weighted by Gasteiger charge is 2.21. The van der Waals surface area contributed by atoms with Gasteiger partial charge >= 0.3 is 0 Å². The zero-order chi connectivity index (χ0) is 10.5. The van der Waals surface area contributed by atoms with Crippen molar-refractivity contribution in [2.75, 3.05) is 6.54 Å². The van der Waals surface area contributed by atoms with Crippen molar-refractivity contribution in [1.82, 2.24) is 5.32 Å². The van der Waals surface area contributed by atoms with Gasteiger partial charge in [-0.15, -0.1) is 0 Å². The largest absolute Gasteiger partial charge is 0.393 e. The Bertz CT molecular complexity index is 161. The van der Waals surface area contributed by atoms with E-state index in [1.807, 2.05) is 27.7 Å². The van der Waals surface area contributed by atoms with Crippen molar-refractivity contribution in [3.63, 3.8) is 0 Å². The summed E-state index contributed by atoms with van der Waals surface area (Å²) in [6.45, 7) is 8.33. The standard InChI is InChI=1S/C10H21NO2/c1-5-9(13)11-7-6-8(12)10(2,3)4/h8,12H,5-7H2,1-4H3,(H,11,13). The summed E-state index contributed by atoms with van der Waals surface area (Å²) in [6.07, 6.45) is 0.769. The van der Waals surface area contributed by atoms with Crippen molar-refractivity contribution in [3.8, 4) is 0 Å². The fourth-order valence-corrected chi connectivity index (χ4v) is 0.906. The number of aliphatic hydroxyl groups is 1. The topological polar surface area (TPSA) is 49.3 Å². The SMILES string of the molecule is CCC(=O)NCCC(O)C(C)(C)C. The quantitative estimate of drug-likeness (QED) is 0.697. The van der Waals surface area contributed by atoms with E-state index in [0.29, 0.717) is 19.4 Å². The van der Waals surface area contributed by atoms with Crippen molar-refractivity contribution in [2.24, 2.45) is 5.41 Å². The van der Waals surface area contributed by atoms with Crippen molar-refractivity contribution in [3.05, 3.63) is 0 Å². The molecule has 0 radical (unpaired) electrons. The van der Waals surface area contributed by atoms with E-state index in [2.05, 4.69) is 5.32 Å². The Balaban J connectivity index is 3.60. The lowest BCUT2D eigenvalue weighted by atomic mass is 9.87. The molecule has 1 atom stereocenters. The van der Waals surface area contributed by atoms with E-state index in [4.69, 9.17) is 0 Å². The minimum Gasteiger partial charge on any atom is -0.393 e. The van der Waals surface area contributed by atoms with E-state index in [1.54, 1.807) is 0 Å². The first-order chi connectivity index (χ1) is 5.88. The van der Waals surface area contributed by atoms with Crippen LogP contribution in [-0.4, -0.2) is 23.7 Å². The molecule has 0 rings (SSSR count). The Kier molecular flexibility index (Phi) is 4.99. The summed E-state index contributed by atoms with van der Waals surface area (Å²) in [5, 5.41) is 12.4. The van der Waals surface area contributed by atoms with Gasteiger partial charge in [0.25, 0.3) is 0 Å². The van der Waals surface area contributed by atoms with Crippen molar-refractivity contribution >= 4 is 5.91 Å². The van der Waals surface area contributed by atoms with Gasteiger partial charge in [0.05, 0.1) is 6.10 Å². The molecule has 0 fully saturated rings. The lowest BCUT2D eigenvalue weighted by Gasteiger charge is -2.25. The van der Waals surface area contributed by atoms with Crippen LogP contribution in [0.1, 0.15) is 40.5 Å². The highest BCUT2D eigenvalue weighted by atomic mass is 16.3. The van der Waals surface area contributed by atoms with E-state index in [1.165, 1.54) is 0 Å². The predicted octanol–water partition coefficient (Wildman–Crippen LogP) is 1.31. The molecule has 0 aromatic carbocycles.